The highest BCUT2D eigenvalue weighted by Crippen LogP contribution is 2.36. The first-order chi connectivity index (χ1) is 16.4. The third kappa shape index (κ3) is 3.86. The molecule has 0 radical (unpaired) electrons. The molecule has 3 heterocycles. The third-order valence-electron chi connectivity index (χ3n) is 5.53. The first-order valence-electron chi connectivity index (χ1n) is 10.3. The number of benzene rings is 2. The standard InChI is InChI=1S/C25H17F2N5O2/c1-31-12-18(11-30-31)16-5-6-19(29-10-16)14-32-13-17-3-2-4-22(23(17)25(32)33)34-24-20(26)7-15(9-28)8-21(24)27/h2-8,10-12H,13-14H2,1H3. The summed E-state index contributed by atoms with van der Waals surface area (Å²) in [6, 6.07) is 12.1. The number of rotatable bonds is 5. The van der Waals surface area contributed by atoms with Gasteiger partial charge in [-0.3, -0.25) is 14.5 Å². The van der Waals surface area contributed by atoms with Gasteiger partial charge in [0, 0.05) is 37.1 Å². The highest BCUT2D eigenvalue weighted by Gasteiger charge is 2.31. The second kappa shape index (κ2) is 8.41. The molecule has 0 fully saturated rings. The van der Waals surface area contributed by atoms with Gasteiger partial charge in [0.25, 0.3) is 5.91 Å². The van der Waals surface area contributed by atoms with E-state index in [4.69, 9.17) is 10.00 Å². The molecule has 0 N–H and O–H groups in total. The Bertz CT molecular complexity index is 1430. The van der Waals surface area contributed by atoms with Crippen molar-refractivity contribution in [3.8, 4) is 28.7 Å². The summed E-state index contributed by atoms with van der Waals surface area (Å²) in [6.07, 6.45) is 5.36. The Morgan fingerprint density at radius 1 is 1.12 bits per heavy atom. The Kier molecular flexibility index (Phi) is 5.26. The number of nitriles is 1. The molecule has 7 nitrogen and oxygen atoms in total. The number of hydrogen-bond donors (Lipinski definition) is 0. The number of halogens is 2. The van der Waals surface area contributed by atoms with Crippen molar-refractivity contribution in [3.05, 3.63) is 95.1 Å². The van der Waals surface area contributed by atoms with Crippen molar-refractivity contribution < 1.29 is 18.3 Å². The van der Waals surface area contributed by atoms with E-state index in [1.807, 2.05) is 25.4 Å². The Hall–Kier alpha value is -4.58. The summed E-state index contributed by atoms with van der Waals surface area (Å²) < 4.78 is 35.9. The van der Waals surface area contributed by atoms with Crippen LogP contribution in [0.4, 0.5) is 8.78 Å². The van der Waals surface area contributed by atoms with Crippen LogP contribution in [0.25, 0.3) is 11.1 Å². The molecular formula is C25H17F2N5O2. The number of nitrogens with zero attached hydrogens (tertiary/aromatic N) is 5. The molecule has 1 amide bonds. The van der Waals surface area contributed by atoms with Crippen LogP contribution in [0.5, 0.6) is 11.5 Å². The van der Waals surface area contributed by atoms with Crippen molar-refractivity contribution in [3.63, 3.8) is 0 Å². The maximum atomic E-state index is 14.3. The predicted octanol–water partition coefficient (Wildman–Crippen LogP) is 4.58. The average molecular weight is 457 g/mol. The number of carbonyl (C=O) groups excluding carboxylic acids is 1. The van der Waals surface area contributed by atoms with Gasteiger partial charge in [-0.1, -0.05) is 18.2 Å². The molecule has 34 heavy (non-hydrogen) atoms. The van der Waals surface area contributed by atoms with Crippen molar-refractivity contribution in [2.24, 2.45) is 7.05 Å². The van der Waals surface area contributed by atoms with E-state index in [1.54, 1.807) is 40.2 Å². The molecule has 0 atom stereocenters. The summed E-state index contributed by atoms with van der Waals surface area (Å²) in [5, 5.41) is 13.0. The van der Waals surface area contributed by atoms with Crippen LogP contribution in [0.15, 0.2) is 61.1 Å². The smallest absolute Gasteiger partial charge is 0.258 e. The predicted molar refractivity (Wildman–Crippen MR) is 118 cm³/mol. The van der Waals surface area contributed by atoms with Crippen molar-refractivity contribution in [1.29, 1.82) is 5.26 Å². The average Bonchev–Trinajstić information content (AvgIpc) is 3.40. The maximum Gasteiger partial charge on any atom is 0.258 e. The first-order valence-corrected chi connectivity index (χ1v) is 10.3. The monoisotopic (exact) mass is 457 g/mol. The first kappa shape index (κ1) is 21.3. The van der Waals surface area contributed by atoms with Crippen LogP contribution in [-0.2, 0) is 20.1 Å². The topological polar surface area (TPSA) is 84.0 Å². The van der Waals surface area contributed by atoms with Crippen molar-refractivity contribution in [2.75, 3.05) is 0 Å². The Morgan fingerprint density at radius 2 is 1.91 bits per heavy atom. The number of pyridine rings is 1. The van der Waals surface area contributed by atoms with Gasteiger partial charge in [0.05, 0.1) is 35.6 Å². The van der Waals surface area contributed by atoms with Gasteiger partial charge >= 0.3 is 0 Å². The largest absolute Gasteiger partial charge is 0.450 e. The van der Waals surface area contributed by atoms with Gasteiger partial charge in [0.15, 0.2) is 17.4 Å². The Labute approximate surface area is 193 Å². The summed E-state index contributed by atoms with van der Waals surface area (Å²) in [7, 11) is 1.84. The van der Waals surface area contributed by atoms with Crippen LogP contribution in [0.3, 0.4) is 0 Å². The third-order valence-corrected chi connectivity index (χ3v) is 5.53. The lowest BCUT2D eigenvalue weighted by atomic mass is 10.1. The number of aryl methyl sites for hydroxylation is 1. The number of carbonyl (C=O) groups is 1. The molecule has 0 aliphatic carbocycles. The molecular weight excluding hydrogens is 440 g/mol. The van der Waals surface area contributed by atoms with Gasteiger partial charge in [0.1, 0.15) is 5.75 Å². The van der Waals surface area contributed by atoms with Crippen LogP contribution >= 0.6 is 0 Å². The van der Waals surface area contributed by atoms with Crippen molar-refractivity contribution in [1.82, 2.24) is 19.7 Å². The van der Waals surface area contributed by atoms with Crippen LogP contribution in [-0.4, -0.2) is 25.6 Å². The number of ether oxygens (including phenoxy) is 1. The summed E-state index contributed by atoms with van der Waals surface area (Å²) in [4.78, 5) is 19.2. The molecule has 168 valence electrons. The second-order valence-electron chi connectivity index (χ2n) is 7.88. The fourth-order valence-corrected chi connectivity index (χ4v) is 3.89. The summed E-state index contributed by atoms with van der Waals surface area (Å²) in [5.74, 6) is -2.97. The minimum atomic E-state index is -1.02. The molecule has 1 aliphatic heterocycles. The molecule has 0 saturated heterocycles. The normalized spacial score (nSPS) is 12.5. The Morgan fingerprint density at radius 3 is 2.56 bits per heavy atom. The van der Waals surface area contributed by atoms with E-state index >= 15 is 0 Å². The van der Waals surface area contributed by atoms with E-state index < -0.39 is 17.4 Å². The molecule has 2 aromatic heterocycles. The van der Waals surface area contributed by atoms with Gasteiger partial charge in [-0.05, 0) is 29.8 Å². The van der Waals surface area contributed by atoms with Gasteiger partial charge < -0.3 is 9.64 Å². The highest BCUT2D eigenvalue weighted by atomic mass is 19.1. The molecule has 0 unspecified atom stereocenters. The molecule has 4 aromatic rings. The summed E-state index contributed by atoms with van der Waals surface area (Å²) in [6.45, 7) is 0.579. The van der Waals surface area contributed by atoms with Crippen LogP contribution < -0.4 is 4.74 Å². The van der Waals surface area contributed by atoms with E-state index in [9.17, 15) is 13.6 Å². The van der Waals surface area contributed by atoms with Crippen LogP contribution in [0.2, 0.25) is 0 Å². The minimum Gasteiger partial charge on any atom is -0.450 e. The fourth-order valence-electron chi connectivity index (χ4n) is 3.89. The number of aromatic nitrogens is 3. The highest BCUT2D eigenvalue weighted by molar-refractivity contribution is 6.01. The lowest BCUT2D eigenvalue weighted by molar-refractivity contribution is 0.0762. The molecule has 2 aromatic carbocycles. The summed E-state index contributed by atoms with van der Waals surface area (Å²) >= 11 is 0. The van der Waals surface area contributed by atoms with Crippen molar-refractivity contribution in [2.45, 2.75) is 13.1 Å². The minimum absolute atomic E-state index is 0.0485. The number of hydrogen-bond acceptors (Lipinski definition) is 5. The van der Waals surface area contributed by atoms with Gasteiger partial charge in [-0.2, -0.15) is 10.4 Å². The van der Waals surface area contributed by atoms with E-state index in [0.29, 0.717) is 17.8 Å². The zero-order valence-electron chi connectivity index (χ0n) is 18.0. The van der Waals surface area contributed by atoms with E-state index in [1.165, 1.54) is 6.07 Å². The Balaban J connectivity index is 1.37. The van der Waals surface area contributed by atoms with E-state index in [0.717, 1.165) is 23.3 Å². The molecule has 0 bridgehead atoms. The lowest BCUT2D eigenvalue weighted by Gasteiger charge is -2.15. The van der Waals surface area contributed by atoms with E-state index in [2.05, 4.69) is 10.1 Å². The quantitative estimate of drug-likeness (QED) is 0.438. The van der Waals surface area contributed by atoms with Crippen molar-refractivity contribution >= 4 is 5.91 Å². The van der Waals surface area contributed by atoms with Gasteiger partial charge in [-0.25, -0.2) is 8.78 Å². The van der Waals surface area contributed by atoms with Gasteiger partial charge in [0.2, 0.25) is 0 Å². The maximum absolute atomic E-state index is 14.3. The molecule has 1 aliphatic rings. The SMILES string of the molecule is Cn1cc(-c2ccc(CN3Cc4cccc(Oc5c(F)cc(C#N)cc5F)c4C3=O)nc2)cn1. The van der Waals surface area contributed by atoms with Crippen LogP contribution in [0, 0.1) is 23.0 Å². The van der Waals surface area contributed by atoms with Gasteiger partial charge in [-0.15, -0.1) is 0 Å². The zero-order chi connectivity index (χ0) is 23.8. The van der Waals surface area contributed by atoms with Crippen LogP contribution in [0.1, 0.15) is 27.2 Å². The number of fused-ring (bicyclic) bond motifs is 1. The summed E-state index contributed by atoms with van der Waals surface area (Å²) in [5.41, 5.74) is 3.32. The molecule has 0 saturated carbocycles. The van der Waals surface area contributed by atoms with E-state index in [-0.39, 0.29) is 29.3 Å². The number of amides is 1. The molecule has 0 spiro atoms. The second-order valence-corrected chi connectivity index (χ2v) is 7.88. The lowest BCUT2D eigenvalue weighted by Crippen LogP contribution is -2.24. The fraction of sp³-hybridized carbons (Fsp3) is 0.120. The zero-order valence-corrected chi connectivity index (χ0v) is 18.0. The molecule has 5 rings (SSSR count). The molecule has 9 heteroatoms.